The summed E-state index contributed by atoms with van der Waals surface area (Å²) in [6, 6.07) is 0. The predicted octanol–water partition coefficient (Wildman–Crippen LogP) is 12.2. The summed E-state index contributed by atoms with van der Waals surface area (Å²) in [6.45, 7) is 4.62. The summed E-state index contributed by atoms with van der Waals surface area (Å²) in [6.07, 6.45) is 41.9. The SMILES string of the molecule is CCCCCCCCCCCCCCCCC(CC/C=C\CCCCCCCC(=O)O)CCCCC. The van der Waals surface area contributed by atoms with Crippen molar-refractivity contribution in [3.63, 3.8) is 0 Å². The van der Waals surface area contributed by atoms with Crippen LogP contribution in [0, 0.1) is 5.92 Å². The third-order valence-electron chi connectivity index (χ3n) is 7.85. The number of allylic oxidation sites excluding steroid dienone is 2. The summed E-state index contributed by atoms with van der Waals surface area (Å²) in [7, 11) is 0. The maximum atomic E-state index is 10.5. The molecule has 0 aromatic rings. The fraction of sp³-hybridized carbons (Fsp3) is 0.912. The van der Waals surface area contributed by atoms with Crippen LogP contribution in [0.4, 0.5) is 0 Å². The Balaban J connectivity index is 3.66. The van der Waals surface area contributed by atoms with E-state index in [1.54, 1.807) is 0 Å². The van der Waals surface area contributed by atoms with Gasteiger partial charge >= 0.3 is 5.97 Å². The zero-order valence-corrected chi connectivity index (χ0v) is 24.9. The number of unbranched alkanes of at least 4 members (excludes halogenated alkanes) is 20. The van der Waals surface area contributed by atoms with E-state index >= 15 is 0 Å². The van der Waals surface area contributed by atoms with Gasteiger partial charge in [-0.2, -0.15) is 0 Å². The quantitative estimate of drug-likeness (QED) is 0.0776. The second-order valence-electron chi connectivity index (χ2n) is 11.5. The highest BCUT2D eigenvalue weighted by atomic mass is 16.4. The highest BCUT2D eigenvalue weighted by molar-refractivity contribution is 5.66. The van der Waals surface area contributed by atoms with Crippen LogP contribution in [0.25, 0.3) is 0 Å². The maximum absolute atomic E-state index is 10.5. The second kappa shape index (κ2) is 30.4. The van der Waals surface area contributed by atoms with Crippen molar-refractivity contribution >= 4 is 5.97 Å². The largest absolute Gasteiger partial charge is 0.481 e. The Morgan fingerprint density at radius 3 is 1.42 bits per heavy atom. The van der Waals surface area contributed by atoms with E-state index in [1.165, 1.54) is 161 Å². The lowest BCUT2D eigenvalue weighted by atomic mass is 9.90. The van der Waals surface area contributed by atoms with Crippen LogP contribution in [0.2, 0.25) is 0 Å². The van der Waals surface area contributed by atoms with Gasteiger partial charge in [-0.25, -0.2) is 0 Å². The van der Waals surface area contributed by atoms with Crippen LogP contribution in [0.5, 0.6) is 0 Å². The minimum Gasteiger partial charge on any atom is -0.481 e. The van der Waals surface area contributed by atoms with Gasteiger partial charge in [-0.1, -0.05) is 167 Å². The number of carboxylic acid groups (broad SMARTS) is 1. The number of carbonyl (C=O) groups is 1. The minimum absolute atomic E-state index is 0.332. The molecule has 0 spiro atoms. The van der Waals surface area contributed by atoms with Crippen LogP contribution < -0.4 is 0 Å². The molecule has 1 N–H and O–H groups in total. The molecule has 0 rings (SSSR count). The van der Waals surface area contributed by atoms with E-state index in [0.717, 1.165) is 18.8 Å². The van der Waals surface area contributed by atoms with Gasteiger partial charge in [0.15, 0.2) is 0 Å². The van der Waals surface area contributed by atoms with Crippen LogP contribution in [-0.4, -0.2) is 11.1 Å². The number of aliphatic carboxylic acids is 1. The summed E-state index contributed by atoms with van der Waals surface area (Å²) in [5.41, 5.74) is 0. The molecule has 0 aromatic carbocycles. The van der Waals surface area contributed by atoms with Crippen LogP contribution in [0.15, 0.2) is 12.2 Å². The van der Waals surface area contributed by atoms with Crippen molar-refractivity contribution in [2.75, 3.05) is 0 Å². The Labute approximate surface area is 227 Å². The maximum Gasteiger partial charge on any atom is 0.303 e. The zero-order chi connectivity index (χ0) is 26.4. The molecule has 0 fully saturated rings. The highest BCUT2D eigenvalue weighted by Crippen LogP contribution is 2.23. The highest BCUT2D eigenvalue weighted by Gasteiger charge is 2.07. The lowest BCUT2D eigenvalue weighted by molar-refractivity contribution is -0.137. The molecule has 2 nitrogen and oxygen atoms in total. The molecular formula is C34H66O2. The number of rotatable bonds is 30. The van der Waals surface area contributed by atoms with Crippen molar-refractivity contribution in [1.82, 2.24) is 0 Å². The topological polar surface area (TPSA) is 37.3 Å². The van der Waals surface area contributed by atoms with Gasteiger partial charge in [0.2, 0.25) is 0 Å². The Morgan fingerprint density at radius 2 is 0.889 bits per heavy atom. The smallest absolute Gasteiger partial charge is 0.303 e. The predicted molar refractivity (Wildman–Crippen MR) is 161 cm³/mol. The first-order valence-corrected chi connectivity index (χ1v) is 16.6. The van der Waals surface area contributed by atoms with Crippen molar-refractivity contribution in [3.05, 3.63) is 12.2 Å². The molecule has 1 atom stereocenters. The van der Waals surface area contributed by atoms with Gasteiger partial charge < -0.3 is 5.11 Å². The molecule has 0 aliphatic heterocycles. The fourth-order valence-electron chi connectivity index (χ4n) is 5.38. The van der Waals surface area contributed by atoms with Gasteiger partial charge in [-0.3, -0.25) is 4.79 Å². The fourth-order valence-corrected chi connectivity index (χ4v) is 5.38. The third-order valence-corrected chi connectivity index (χ3v) is 7.85. The van der Waals surface area contributed by atoms with Crippen LogP contribution >= 0.6 is 0 Å². The van der Waals surface area contributed by atoms with E-state index in [-0.39, 0.29) is 0 Å². The van der Waals surface area contributed by atoms with Crippen LogP contribution in [-0.2, 0) is 4.79 Å². The monoisotopic (exact) mass is 507 g/mol. The van der Waals surface area contributed by atoms with Gasteiger partial charge in [0.25, 0.3) is 0 Å². The molecule has 2 heteroatoms. The number of hydrogen-bond acceptors (Lipinski definition) is 1. The molecule has 0 amide bonds. The van der Waals surface area contributed by atoms with E-state index in [4.69, 9.17) is 5.11 Å². The molecule has 0 aliphatic carbocycles. The van der Waals surface area contributed by atoms with Gasteiger partial charge in [-0.05, 0) is 38.0 Å². The lowest BCUT2D eigenvalue weighted by Gasteiger charge is -2.16. The Bertz CT molecular complexity index is 456. The normalized spacial score (nSPS) is 12.5. The molecular weight excluding hydrogens is 440 g/mol. The van der Waals surface area contributed by atoms with Crippen molar-refractivity contribution in [3.8, 4) is 0 Å². The third kappa shape index (κ3) is 29.4. The molecule has 214 valence electrons. The molecule has 0 heterocycles. The van der Waals surface area contributed by atoms with E-state index in [1.807, 2.05) is 0 Å². The Morgan fingerprint density at radius 1 is 0.500 bits per heavy atom. The van der Waals surface area contributed by atoms with Crippen LogP contribution in [0.1, 0.15) is 194 Å². The standard InChI is InChI=1S/C34H66O2/c1-3-5-7-8-9-10-11-12-13-14-16-19-22-26-30-33(29-25-6-4-2)31-27-23-20-17-15-18-21-24-28-32-34(35)36/h20,23,33H,3-19,21-22,24-32H2,1-2H3,(H,35,36)/b23-20-. The minimum atomic E-state index is -0.657. The van der Waals surface area contributed by atoms with Gasteiger partial charge in [0.05, 0.1) is 0 Å². The van der Waals surface area contributed by atoms with Crippen molar-refractivity contribution < 1.29 is 9.90 Å². The van der Waals surface area contributed by atoms with E-state index in [0.29, 0.717) is 6.42 Å². The summed E-state index contributed by atoms with van der Waals surface area (Å²) in [5, 5.41) is 8.67. The summed E-state index contributed by atoms with van der Waals surface area (Å²) in [4.78, 5) is 10.5. The van der Waals surface area contributed by atoms with E-state index < -0.39 is 5.97 Å². The van der Waals surface area contributed by atoms with Gasteiger partial charge in [0.1, 0.15) is 0 Å². The molecule has 1 unspecified atom stereocenters. The van der Waals surface area contributed by atoms with E-state index in [2.05, 4.69) is 26.0 Å². The van der Waals surface area contributed by atoms with Crippen LogP contribution in [0.3, 0.4) is 0 Å². The van der Waals surface area contributed by atoms with E-state index in [9.17, 15) is 4.79 Å². The lowest BCUT2D eigenvalue weighted by Crippen LogP contribution is -2.01. The Hall–Kier alpha value is -0.790. The molecule has 0 saturated heterocycles. The van der Waals surface area contributed by atoms with Gasteiger partial charge in [-0.15, -0.1) is 0 Å². The molecule has 36 heavy (non-hydrogen) atoms. The number of hydrogen-bond donors (Lipinski definition) is 1. The first-order chi connectivity index (χ1) is 17.7. The zero-order valence-electron chi connectivity index (χ0n) is 24.9. The first-order valence-electron chi connectivity index (χ1n) is 16.6. The van der Waals surface area contributed by atoms with Crippen molar-refractivity contribution in [2.45, 2.75) is 194 Å². The van der Waals surface area contributed by atoms with Crippen molar-refractivity contribution in [2.24, 2.45) is 5.92 Å². The molecule has 0 saturated carbocycles. The number of carboxylic acids is 1. The summed E-state index contributed by atoms with van der Waals surface area (Å²) < 4.78 is 0. The molecule has 0 aromatic heterocycles. The Kier molecular flexibility index (Phi) is 29.8. The molecule has 0 aliphatic rings. The van der Waals surface area contributed by atoms with Gasteiger partial charge in [0, 0.05) is 6.42 Å². The summed E-state index contributed by atoms with van der Waals surface area (Å²) >= 11 is 0. The first kappa shape index (κ1) is 35.2. The molecule has 0 bridgehead atoms. The second-order valence-corrected chi connectivity index (χ2v) is 11.5. The van der Waals surface area contributed by atoms with Crippen molar-refractivity contribution in [1.29, 1.82) is 0 Å². The average Bonchev–Trinajstić information content (AvgIpc) is 2.87. The average molecular weight is 507 g/mol. The molecule has 0 radical (unpaired) electrons. The summed E-state index contributed by atoms with van der Waals surface area (Å²) in [5.74, 6) is 0.281.